The summed E-state index contributed by atoms with van der Waals surface area (Å²) in [6.07, 6.45) is 1.85. The number of ether oxygens (including phenoxy) is 1. The van der Waals surface area contributed by atoms with Crippen LogP contribution in [0.25, 0.3) is 22.1 Å². The number of hydrogen-bond donors (Lipinski definition) is 0. The topological polar surface area (TPSA) is 43.6 Å². The number of methoxy groups -OCH3 is 1. The van der Waals surface area contributed by atoms with Crippen LogP contribution in [-0.2, 0) is 0 Å². The van der Waals surface area contributed by atoms with Gasteiger partial charge in [0.15, 0.2) is 4.96 Å². The van der Waals surface area contributed by atoms with Gasteiger partial charge < -0.3 is 4.74 Å². The molecule has 2 heterocycles. The quantitative estimate of drug-likeness (QED) is 0.409. The number of rotatable bonds is 2. The van der Waals surface area contributed by atoms with Crippen molar-refractivity contribution >= 4 is 65.3 Å². The monoisotopic (exact) mass is 492 g/mol. The predicted octanol–water partition coefficient (Wildman–Crippen LogP) is 4.61. The maximum atomic E-state index is 13.0. The van der Waals surface area contributed by atoms with Crippen LogP contribution >= 0.6 is 43.2 Å². The molecular formula is C19H14Br2N2O2S. The molecule has 0 aliphatic carbocycles. The molecule has 0 bridgehead atoms. The largest absolute Gasteiger partial charge is 0.495 e. The van der Waals surface area contributed by atoms with E-state index in [-0.39, 0.29) is 5.56 Å². The van der Waals surface area contributed by atoms with Gasteiger partial charge in [0, 0.05) is 10.0 Å². The third-order valence-electron chi connectivity index (χ3n) is 4.21. The predicted molar refractivity (Wildman–Crippen MR) is 113 cm³/mol. The van der Waals surface area contributed by atoms with E-state index in [1.54, 1.807) is 11.5 Å². The van der Waals surface area contributed by atoms with E-state index in [0.29, 0.717) is 15.2 Å². The minimum absolute atomic E-state index is 0.0596. The molecule has 132 valence electrons. The molecule has 4 rings (SSSR count). The second-order valence-corrected chi connectivity index (χ2v) is 8.88. The Morgan fingerprint density at radius 2 is 1.96 bits per heavy atom. The number of halogens is 2. The van der Waals surface area contributed by atoms with Gasteiger partial charge in [-0.15, -0.1) is 0 Å². The summed E-state index contributed by atoms with van der Waals surface area (Å²) in [5.74, 6) is 0.690. The lowest BCUT2D eigenvalue weighted by molar-refractivity contribution is 0.411. The van der Waals surface area contributed by atoms with Crippen LogP contribution in [0.15, 0.2) is 38.0 Å². The summed E-state index contributed by atoms with van der Waals surface area (Å²) in [5, 5.41) is 0. The molecule has 0 aliphatic heterocycles. The maximum Gasteiger partial charge on any atom is 0.274 e. The fraction of sp³-hybridized carbons (Fsp3) is 0.158. The van der Waals surface area contributed by atoms with E-state index in [4.69, 9.17) is 4.74 Å². The van der Waals surface area contributed by atoms with E-state index in [1.807, 2.05) is 38.1 Å². The van der Waals surface area contributed by atoms with E-state index in [0.717, 1.165) is 36.7 Å². The molecule has 7 heteroatoms. The first kappa shape index (κ1) is 17.7. The van der Waals surface area contributed by atoms with Crippen LogP contribution in [0, 0.1) is 13.8 Å². The van der Waals surface area contributed by atoms with Crippen LogP contribution < -0.4 is 14.8 Å². The molecule has 0 aliphatic rings. The summed E-state index contributed by atoms with van der Waals surface area (Å²) in [5.41, 5.74) is 4.71. The summed E-state index contributed by atoms with van der Waals surface area (Å²) in [7, 11) is 1.61. The molecule has 0 N–H and O–H groups in total. The van der Waals surface area contributed by atoms with Crippen LogP contribution in [0.5, 0.6) is 5.75 Å². The lowest BCUT2D eigenvalue weighted by Gasteiger charge is -2.07. The number of thiazole rings is 1. The van der Waals surface area contributed by atoms with E-state index >= 15 is 0 Å². The van der Waals surface area contributed by atoms with Gasteiger partial charge in [-0.25, -0.2) is 9.38 Å². The van der Waals surface area contributed by atoms with Gasteiger partial charge in [0.2, 0.25) is 0 Å². The van der Waals surface area contributed by atoms with Crippen LogP contribution in [0.3, 0.4) is 0 Å². The van der Waals surface area contributed by atoms with E-state index in [9.17, 15) is 4.79 Å². The Labute approximate surface area is 170 Å². The van der Waals surface area contributed by atoms with Gasteiger partial charge in [-0.2, -0.15) is 0 Å². The van der Waals surface area contributed by atoms with Gasteiger partial charge in [-0.1, -0.05) is 33.3 Å². The standard InChI is InChI=1S/C19H14Br2N2O2S/c1-9-4-10(2)16-14(5-9)23-18(24)15(26-19(23)22-16)7-11-6-12(20)8-13(21)17(11)25-3/h4-8H,1-3H3. The number of nitrogens with zero attached hydrogens (tertiary/aromatic N) is 2. The Morgan fingerprint density at radius 1 is 1.19 bits per heavy atom. The normalized spacial score (nSPS) is 12.4. The Bertz CT molecular complexity index is 1290. The van der Waals surface area contributed by atoms with Crippen molar-refractivity contribution < 1.29 is 4.74 Å². The minimum Gasteiger partial charge on any atom is -0.495 e. The smallest absolute Gasteiger partial charge is 0.274 e. The summed E-state index contributed by atoms with van der Waals surface area (Å²) >= 11 is 8.37. The van der Waals surface area contributed by atoms with Gasteiger partial charge in [0.25, 0.3) is 5.56 Å². The fourth-order valence-electron chi connectivity index (χ4n) is 3.15. The number of aromatic nitrogens is 2. The highest BCUT2D eigenvalue weighted by Crippen LogP contribution is 2.33. The van der Waals surface area contributed by atoms with Crippen molar-refractivity contribution in [1.82, 2.24) is 9.38 Å². The summed E-state index contributed by atoms with van der Waals surface area (Å²) in [6, 6.07) is 7.93. The molecule has 0 saturated heterocycles. The summed E-state index contributed by atoms with van der Waals surface area (Å²) in [6.45, 7) is 4.05. The zero-order valence-corrected chi connectivity index (χ0v) is 18.3. The Hall–Kier alpha value is -1.70. The minimum atomic E-state index is -0.0596. The van der Waals surface area contributed by atoms with Gasteiger partial charge >= 0.3 is 0 Å². The number of aryl methyl sites for hydroxylation is 2. The van der Waals surface area contributed by atoms with Crippen molar-refractivity contribution in [2.24, 2.45) is 0 Å². The SMILES string of the molecule is COc1c(Br)cc(Br)cc1C=c1sc2nc3c(C)cc(C)cc3n2c1=O. The van der Waals surface area contributed by atoms with Gasteiger partial charge in [-0.05, 0) is 65.2 Å². The molecule has 26 heavy (non-hydrogen) atoms. The third-order valence-corrected chi connectivity index (χ3v) is 6.22. The van der Waals surface area contributed by atoms with Crippen molar-refractivity contribution in [3.63, 3.8) is 0 Å². The average Bonchev–Trinajstić information content (AvgIpc) is 3.05. The second kappa shape index (κ2) is 6.48. The number of fused-ring (bicyclic) bond motifs is 3. The first-order chi connectivity index (χ1) is 12.4. The van der Waals surface area contributed by atoms with Crippen LogP contribution in [-0.4, -0.2) is 16.5 Å². The van der Waals surface area contributed by atoms with Crippen molar-refractivity contribution in [3.05, 3.63) is 64.8 Å². The van der Waals surface area contributed by atoms with Crippen molar-refractivity contribution in [1.29, 1.82) is 0 Å². The zero-order valence-electron chi connectivity index (χ0n) is 14.3. The van der Waals surface area contributed by atoms with E-state index in [1.165, 1.54) is 11.3 Å². The molecule has 0 saturated carbocycles. The zero-order chi connectivity index (χ0) is 18.6. The molecule has 0 spiro atoms. The molecule has 4 aromatic rings. The third kappa shape index (κ3) is 2.78. The highest BCUT2D eigenvalue weighted by molar-refractivity contribution is 9.11. The molecule has 0 radical (unpaired) electrons. The van der Waals surface area contributed by atoms with Gasteiger partial charge in [0.05, 0.1) is 27.1 Å². The van der Waals surface area contributed by atoms with Crippen molar-refractivity contribution in [2.75, 3.05) is 7.11 Å². The molecule has 4 nitrogen and oxygen atoms in total. The molecule has 0 atom stereocenters. The molecule has 0 fully saturated rings. The van der Waals surface area contributed by atoms with E-state index < -0.39 is 0 Å². The van der Waals surface area contributed by atoms with Crippen LogP contribution in [0.1, 0.15) is 16.7 Å². The lowest BCUT2D eigenvalue weighted by Crippen LogP contribution is -2.22. The highest BCUT2D eigenvalue weighted by atomic mass is 79.9. The Morgan fingerprint density at radius 3 is 2.69 bits per heavy atom. The van der Waals surface area contributed by atoms with Crippen molar-refractivity contribution in [2.45, 2.75) is 13.8 Å². The number of imidazole rings is 1. The van der Waals surface area contributed by atoms with Gasteiger partial charge in [-0.3, -0.25) is 4.79 Å². The van der Waals surface area contributed by atoms with Gasteiger partial charge in [0.1, 0.15) is 5.75 Å². The van der Waals surface area contributed by atoms with Crippen LogP contribution in [0.2, 0.25) is 0 Å². The molecule has 0 amide bonds. The highest BCUT2D eigenvalue weighted by Gasteiger charge is 2.14. The van der Waals surface area contributed by atoms with E-state index in [2.05, 4.69) is 42.9 Å². The Kier molecular flexibility index (Phi) is 4.41. The fourth-order valence-corrected chi connectivity index (χ4v) is 5.55. The first-order valence-electron chi connectivity index (χ1n) is 7.86. The molecule has 2 aromatic heterocycles. The number of hydrogen-bond acceptors (Lipinski definition) is 4. The maximum absolute atomic E-state index is 13.0. The van der Waals surface area contributed by atoms with Crippen LogP contribution in [0.4, 0.5) is 0 Å². The second-order valence-electron chi connectivity index (χ2n) is 6.11. The molecular weight excluding hydrogens is 480 g/mol. The molecule has 2 aromatic carbocycles. The Balaban J connectivity index is 2.04. The van der Waals surface area contributed by atoms with Crippen molar-refractivity contribution in [3.8, 4) is 5.75 Å². The first-order valence-corrected chi connectivity index (χ1v) is 10.3. The lowest BCUT2D eigenvalue weighted by atomic mass is 10.1. The number of benzene rings is 2. The summed E-state index contributed by atoms with van der Waals surface area (Å²) < 4.78 is 9.53. The molecule has 0 unspecified atom stereocenters. The summed E-state index contributed by atoms with van der Waals surface area (Å²) in [4.78, 5) is 18.4. The average molecular weight is 494 g/mol.